The Hall–Kier alpha value is -2.67. The Bertz CT molecular complexity index is 949. The molecule has 7 nitrogen and oxygen atoms in total. The average Bonchev–Trinajstić information content (AvgIpc) is 3.43. The number of anilines is 2. The molecule has 2 aliphatic rings. The number of hydrogen-bond acceptors (Lipinski definition) is 6. The summed E-state index contributed by atoms with van der Waals surface area (Å²) in [6, 6.07) is 6.49. The smallest absolute Gasteiger partial charge is 0.162 e. The number of aliphatic hydroxyl groups is 1. The number of fused-ring (bicyclic) bond motifs is 1. The van der Waals surface area contributed by atoms with Gasteiger partial charge in [0.15, 0.2) is 5.82 Å². The van der Waals surface area contributed by atoms with Gasteiger partial charge in [-0.15, -0.1) is 0 Å². The van der Waals surface area contributed by atoms with Crippen LogP contribution in [0, 0.1) is 0 Å². The van der Waals surface area contributed by atoms with E-state index in [0.717, 1.165) is 41.2 Å². The number of aromatic amines is 1. The van der Waals surface area contributed by atoms with Gasteiger partial charge in [-0.05, 0) is 37.5 Å². The second-order valence-corrected chi connectivity index (χ2v) is 7.55. The minimum atomic E-state index is -0.275. The molecule has 0 aromatic carbocycles. The molecule has 1 aliphatic carbocycles. The largest absolute Gasteiger partial charge is 0.391 e. The van der Waals surface area contributed by atoms with E-state index in [4.69, 9.17) is 9.97 Å². The van der Waals surface area contributed by atoms with E-state index in [1.54, 1.807) is 6.20 Å². The minimum absolute atomic E-state index is 0.275. The Kier molecular flexibility index (Phi) is 4.16. The number of hydrogen-bond donors (Lipinski definition) is 3. The lowest BCUT2D eigenvalue weighted by Gasteiger charge is -2.17. The Balaban J connectivity index is 1.52. The Morgan fingerprint density at radius 1 is 1.15 bits per heavy atom. The molecule has 4 heterocycles. The minimum Gasteiger partial charge on any atom is -0.391 e. The van der Waals surface area contributed by atoms with Crippen LogP contribution in [0.15, 0.2) is 30.6 Å². The molecule has 1 atom stereocenters. The van der Waals surface area contributed by atoms with Gasteiger partial charge in [-0.2, -0.15) is 0 Å². The van der Waals surface area contributed by atoms with E-state index >= 15 is 0 Å². The van der Waals surface area contributed by atoms with E-state index in [-0.39, 0.29) is 6.10 Å². The maximum Gasteiger partial charge on any atom is 0.162 e. The number of rotatable bonds is 4. The van der Waals surface area contributed by atoms with E-state index in [0.29, 0.717) is 18.4 Å². The van der Waals surface area contributed by atoms with Crippen molar-refractivity contribution in [2.45, 2.75) is 44.2 Å². The van der Waals surface area contributed by atoms with Gasteiger partial charge in [0, 0.05) is 42.5 Å². The van der Waals surface area contributed by atoms with Crippen LogP contribution >= 0.6 is 0 Å². The van der Waals surface area contributed by atoms with Gasteiger partial charge in [-0.25, -0.2) is 15.0 Å². The van der Waals surface area contributed by atoms with Crippen molar-refractivity contribution in [3.05, 3.63) is 30.6 Å². The van der Waals surface area contributed by atoms with Crippen molar-refractivity contribution in [3.8, 4) is 11.4 Å². The van der Waals surface area contributed by atoms with Crippen LogP contribution in [0.2, 0.25) is 0 Å². The molecule has 5 rings (SSSR count). The third kappa shape index (κ3) is 3.23. The first-order valence-corrected chi connectivity index (χ1v) is 9.77. The van der Waals surface area contributed by atoms with Gasteiger partial charge in [0.25, 0.3) is 0 Å². The third-order valence-corrected chi connectivity index (χ3v) is 5.60. The molecule has 1 saturated heterocycles. The molecule has 0 radical (unpaired) electrons. The van der Waals surface area contributed by atoms with Crippen molar-refractivity contribution < 1.29 is 5.11 Å². The van der Waals surface area contributed by atoms with Crippen molar-refractivity contribution in [1.82, 2.24) is 19.9 Å². The maximum absolute atomic E-state index is 9.83. The molecule has 0 unspecified atom stereocenters. The molecule has 3 aromatic heterocycles. The molecule has 1 aliphatic heterocycles. The summed E-state index contributed by atoms with van der Waals surface area (Å²) in [5.41, 5.74) is 1.82. The quantitative estimate of drug-likeness (QED) is 0.659. The molecule has 0 bridgehead atoms. The number of nitrogens with one attached hydrogen (secondary N) is 2. The lowest BCUT2D eigenvalue weighted by atomic mass is 10.1. The zero-order chi connectivity index (χ0) is 18.2. The lowest BCUT2D eigenvalue weighted by molar-refractivity contribution is 0.198. The maximum atomic E-state index is 9.83. The fourth-order valence-corrected chi connectivity index (χ4v) is 4.18. The van der Waals surface area contributed by atoms with Crippen molar-refractivity contribution in [3.63, 3.8) is 0 Å². The number of aromatic nitrogens is 4. The van der Waals surface area contributed by atoms with Gasteiger partial charge in [0.2, 0.25) is 0 Å². The van der Waals surface area contributed by atoms with Gasteiger partial charge < -0.3 is 20.3 Å². The molecular formula is C20H24N6O. The van der Waals surface area contributed by atoms with Gasteiger partial charge >= 0.3 is 0 Å². The summed E-state index contributed by atoms with van der Waals surface area (Å²) >= 11 is 0. The number of H-pyrrole nitrogens is 1. The summed E-state index contributed by atoms with van der Waals surface area (Å²) in [4.78, 5) is 19.4. The monoisotopic (exact) mass is 364 g/mol. The van der Waals surface area contributed by atoms with Crippen molar-refractivity contribution in [2.75, 3.05) is 23.3 Å². The van der Waals surface area contributed by atoms with E-state index in [2.05, 4.69) is 26.3 Å². The summed E-state index contributed by atoms with van der Waals surface area (Å²) in [6.07, 6.45) is 9.16. The molecule has 0 spiro atoms. The Morgan fingerprint density at radius 2 is 2.04 bits per heavy atom. The highest BCUT2D eigenvalue weighted by atomic mass is 16.3. The van der Waals surface area contributed by atoms with Crippen LogP contribution in [0.25, 0.3) is 22.4 Å². The SMILES string of the molecule is O[C@@H]1CCN(c2ccnc(-c3cc(NC4CCCC4)nc4[nH]ccc34)n2)C1. The number of pyridine rings is 1. The molecule has 140 valence electrons. The molecule has 1 saturated carbocycles. The zero-order valence-corrected chi connectivity index (χ0v) is 15.2. The summed E-state index contributed by atoms with van der Waals surface area (Å²) in [7, 11) is 0. The first-order chi connectivity index (χ1) is 13.3. The standard InChI is InChI=1S/C20H24N6O/c27-14-7-10-26(12-14)18-6-9-22-20(25-18)16-11-17(23-13-3-1-2-4-13)24-19-15(16)5-8-21-19/h5-6,8-9,11,13-14,27H,1-4,7,10,12H2,(H2,21,23,24)/t14-/m1/s1. The molecule has 3 N–H and O–H groups in total. The number of nitrogens with zero attached hydrogens (tertiary/aromatic N) is 4. The normalized spacial score (nSPS) is 20.6. The predicted molar refractivity (Wildman–Crippen MR) is 106 cm³/mol. The van der Waals surface area contributed by atoms with Crippen LogP contribution in [0.4, 0.5) is 11.6 Å². The highest BCUT2D eigenvalue weighted by Crippen LogP contribution is 2.30. The fourth-order valence-electron chi connectivity index (χ4n) is 4.18. The third-order valence-electron chi connectivity index (χ3n) is 5.60. The van der Waals surface area contributed by atoms with Crippen molar-refractivity contribution in [1.29, 1.82) is 0 Å². The lowest BCUT2D eigenvalue weighted by Crippen LogP contribution is -2.22. The molecule has 27 heavy (non-hydrogen) atoms. The van der Waals surface area contributed by atoms with Crippen molar-refractivity contribution in [2.24, 2.45) is 0 Å². The van der Waals surface area contributed by atoms with E-state index < -0.39 is 0 Å². The van der Waals surface area contributed by atoms with Gasteiger partial charge in [0.1, 0.15) is 17.3 Å². The summed E-state index contributed by atoms with van der Waals surface area (Å²) in [5, 5.41) is 14.4. The molecular weight excluding hydrogens is 340 g/mol. The first kappa shape index (κ1) is 16.5. The fraction of sp³-hybridized carbons (Fsp3) is 0.450. The van der Waals surface area contributed by atoms with Crippen LogP contribution in [0.5, 0.6) is 0 Å². The van der Waals surface area contributed by atoms with Crippen LogP contribution in [-0.4, -0.2) is 50.3 Å². The van der Waals surface area contributed by atoms with Crippen LogP contribution in [0.3, 0.4) is 0 Å². The zero-order valence-electron chi connectivity index (χ0n) is 15.2. The molecule has 3 aromatic rings. The number of β-amino-alcohol motifs (C(OH)–C–C–N with tert-alkyl or cyclic N) is 1. The summed E-state index contributed by atoms with van der Waals surface area (Å²) < 4.78 is 0. The predicted octanol–water partition coefficient (Wildman–Crippen LogP) is 2.95. The number of aliphatic hydroxyl groups excluding tert-OH is 1. The van der Waals surface area contributed by atoms with E-state index in [1.165, 1.54) is 25.7 Å². The van der Waals surface area contributed by atoms with Gasteiger partial charge in [-0.1, -0.05) is 12.8 Å². The summed E-state index contributed by atoms with van der Waals surface area (Å²) in [6.45, 7) is 1.45. The van der Waals surface area contributed by atoms with Gasteiger partial charge in [-0.3, -0.25) is 0 Å². The first-order valence-electron chi connectivity index (χ1n) is 9.77. The Labute approximate surface area is 157 Å². The van der Waals surface area contributed by atoms with Crippen molar-refractivity contribution >= 4 is 22.7 Å². The second-order valence-electron chi connectivity index (χ2n) is 7.55. The molecule has 2 fully saturated rings. The second kappa shape index (κ2) is 6.81. The van der Waals surface area contributed by atoms with E-state index in [1.807, 2.05) is 18.3 Å². The summed E-state index contributed by atoms with van der Waals surface area (Å²) in [5.74, 6) is 2.43. The van der Waals surface area contributed by atoms with Crippen LogP contribution in [0.1, 0.15) is 32.1 Å². The molecule has 7 heteroatoms. The highest BCUT2D eigenvalue weighted by Gasteiger charge is 2.22. The highest BCUT2D eigenvalue weighted by molar-refractivity contribution is 5.93. The van der Waals surface area contributed by atoms with Gasteiger partial charge in [0.05, 0.1) is 6.10 Å². The van der Waals surface area contributed by atoms with E-state index in [9.17, 15) is 5.11 Å². The van der Waals surface area contributed by atoms with Crippen LogP contribution < -0.4 is 10.2 Å². The Morgan fingerprint density at radius 3 is 2.85 bits per heavy atom. The molecule has 0 amide bonds. The van der Waals surface area contributed by atoms with Crippen LogP contribution in [-0.2, 0) is 0 Å². The topological polar surface area (TPSA) is 90.0 Å². The average molecular weight is 364 g/mol.